The fourth-order valence-electron chi connectivity index (χ4n) is 2.67. The van der Waals surface area contributed by atoms with Crippen LogP contribution in [0.4, 0.5) is 0 Å². The zero-order valence-electron chi connectivity index (χ0n) is 12.7. The van der Waals surface area contributed by atoms with E-state index in [0.29, 0.717) is 43.3 Å². The fourth-order valence-corrected chi connectivity index (χ4v) is 2.67. The summed E-state index contributed by atoms with van der Waals surface area (Å²) in [6.07, 6.45) is 1.28. The Morgan fingerprint density at radius 3 is 2.68 bits per heavy atom. The molecule has 1 amide bonds. The summed E-state index contributed by atoms with van der Waals surface area (Å²) in [6, 6.07) is 9.66. The number of carbonyl (C=O) groups excluding carboxylic acids is 1. The van der Waals surface area contributed by atoms with E-state index in [1.54, 1.807) is 4.90 Å². The van der Waals surface area contributed by atoms with Crippen LogP contribution >= 0.6 is 0 Å². The van der Waals surface area contributed by atoms with Crippen molar-refractivity contribution in [1.82, 2.24) is 9.88 Å². The Bertz CT molecular complexity index is 643. The maximum absolute atomic E-state index is 12.3. The molecule has 1 N–H and O–H groups in total. The third-order valence-corrected chi connectivity index (χ3v) is 4.05. The number of oxazole rings is 1. The Morgan fingerprint density at radius 2 is 2.00 bits per heavy atom. The van der Waals surface area contributed by atoms with Gasteiger partial charge in [-0.3, -0.25) is 4.79 Å². The molecule has 116 valence electrons. The number of benzene rings is 1. The van der Waals surface area contributed by atoms with E-state index in [0.717, 1.165) is 5.56 Å². The standard InChI is InChI=1S/C17H20N2O3/c1-12-15(11-16(21)19-9-7-14(20)8-10-19)18-17(22-12)13-5-3-2-4-6-13/h2-6,14,20H,7-11H2,1H3. The molecule has 22 heavy (non-hydrogen) atoms. The predicted octanol–water partition coefficient (Wildman–Crippen LogP) is 2.18. The zero-order valence-corrected chi connectivity index (χ0v) is 12.7. The van der Waals surface area contributed by atoms with Crippen LogP contribution in [0.25, 0.3) is 11.5 Å². The highest BCUT2D eigenvalue weighted by atomic mass is 16.4. The van der Waals surface area contributed by atoms with E-state index in [9.17, 15) is 9.90 Å². The van der Waals surface area contributed by atoms with Crippen LogP contribution in [0, 0.1) is 6.92 Å². The van der Waals surface area contributed by atoms with Crippen LogP contribution in [0.1, 0.15) is 24.3 Å². The number of hydrogen-bond acceptors (Lipinski definition) is 4. The number of nitrogens with zero attached hydrogens (tertiary/aromatic N) is 2. The number of aromatic nitrogens is 1. The van der Waals surface area contributed by atoms with Crippen molar-refractivity contribution in [3.8, 4) is 11.5 Å². The minimum absolute atomic E-state index is 0.0444. The van der Waals surface area contributed by atoms with Gasteiger partial charge < -0.3 is 14.4 Å². The molecule has 2 aromatic rings. The minimum atomic E-state index is -0.275. The van der Waals surface area contributed by atoms with Crippen molar-refractivity contribution in [2.75, 3.05) is 13.1 Å². The molecule has 1 saturated heterocycles. The monoisotopic (exact) mass is 300 g/mol. The van der Waals surface area contributed by atoms with Gasteiger partial charge in [0.25, 0.3) is 0 Å². The highest BCUT2D eigenvalue weighted by molar-refractivity contribution is 5.78. The van der Waals surface area contributed by atoms with Crippen LogP contribution in [-0.2, 0) is 11.2 Å². The molecule has 5 nitrogen and oxygen atoms in total. The minimum Gasteiger partial charge on any atom is -0.441 e. The van der Waals surface area contributed by atoms with E-state index in [1.807, 2.05) is 37.3 Å². The van der Waals surface area contributed by atoms with Gasteiger partial charge in [-0.1, -0.05) is 18.2 Å². The van der Waals surface area contributed by atoms with Gasteiger partial charge >= 0.3 is 0 Å². The maximum Gasteiger partial charge on any atom is 0.228 e. The van der Waals surface area contributed by atoms with Gasteiger partial charge in [-0.15, -0.1) is 0 Å². The second-order valence-electron chi connectivity index (χ2n) is 5.68. The number of aliphatic hydroxyl groups is 1. The van der Waals surface area contributed by atoms with E-state index < -0.39 is 0 Å². The first-order chi connectivity index (χ1) is 10.6. The van der Waals surface area contributed by atoms with Gasteiger partial charge in [0.15, 0.2) is 0 Å². The van der Waals surface area contributed by atoms with Gasteiger partial charge in [-0.25, -0.2) is 4.98 Å². The van der Waals surface area contributed by atoms with Crippen LogP contribution in [0.3, 0.4) is 0 Å². The van der Waals surface area contributed by atoms with Crippen LogP contribution in [0.2, 0.25) is 0 Å². The highest BCUT2D eigenvalue weighted by Gasteiger charge is 2.23. The second kappa shape index (κ2) is 6.32. The number of aliphatic hydroxyl groups excluding tert-OH is 1. The third kappa shape index (κ3) is 3.20. The molecule has 0 radical (unpaired) electrons. The molecule has 5 heteroatoms. The van der Waals surface area contributed by atoms with Crippen molar-refractivity contribution >= 4 is 5.91 Å². The van der Waals surface area contributed by atoms with Crippen molar-refractivity contribution in [3.63, 3.8) is 0 Å². The molecular weight excluding hydrogens is 280 g/mol. The maximum atomic E-state index is 12.3. The summed E-state index contributed by atoms with van der Waals surface area (Å²) in [5.41, 5.74) is 1.60. The van der Waals surface area contributed by atoms with Crippen LogP contribution < -0.4 is 0 Å². The molecular formula is C17H20N2O3. The van der Waals surface area contributed by atoms with E-state index >= 15 is 0 Å². The lowest BCUT2D eigenvalue weighted by molar-refractivity contribution is -0.132. The SMILES string of the molecule is Cc1oc(-c2ccccc2)nc1CC(=O)N1CCC(O)CC1. The molecule has 3 rings (SSSR count). The number of rotatable bonds is 3. The summed E-state index contributed by atoms with van der Waals surface area (Å²) in [4.78, 5) is 18.6. The zero-order chi connectivity index (χ0) is 15.5. The Morgan fingerprint density at radius 1 is 1.32 bits per heavy atom. The van der Waals surface area contributed by atoms with Gasteiger partial charge in [0.1, 0.15) is 5.76 Å². The molecule has 0 unspecified atom stereocenters. The molecule has 1 aliphatic rings. The summed E-state index contributed by atoms with van der Waals surface area (Å²) in [7, 11) is 0. The number of piperidine rings is 1. The number of aryl methyl sites for hydroxylation is 1. The number of likely N-dealkylation sites (tertiary alicyclic amines) is 1. The molecule has 2 heterocycles. The fraction of sp³-hybridized carbons (Fsp3) is 0.412. The molecule has 0 spiro atoms. The van der Waals surface area contributed by atoms with Gasteiger partial charge in [0, 0.05) is 18.7 Å². The Kier molecular flexibility index (Phi) is 4.24. The van der Waals surface area contributed by atoms with Crippen molar-refractivity contribution in [3.05, 3.63) is 41.8 Å². The van der Waals surface area contributed by atoms with Crippen molar-refractivity contribution < 1.29 is 14.3 Å². The van der Waals surface area contributed by atoms with E-state index in [2.05, 4.69) is 4.98 Å². The van der Waals surface area contributed by atoms with Gasteiger partial charge in [-0.05, 0) is 31.9 Å². The first-order valence-corrected chi connectivity index (χ1v) is 7.61. The van der Waals surface area contributed by atoms with Gasteiger partial charge in [0.05, 0.1) is 18.2 Å². The Labute approximate surface area is 129 Å². The second-order valence-corrected chi connectivity index (χ2v) is 5.68. The summed E-state index contributed by atoms with van der Waals surface area (Å²) >= 11 is 0. The average molecular weight is 300 g/mol. The van der Waals surface area contributed by atoms with E-state index in [-0.39, 0.29) is 18.4 Å². The topological polar surface area (TPSA) is 66.6 Å². The first kappa shape index (κ1) is 14.8. The largest absolute Gasteiger partial charge is 0.441 e. The molecule has 0 atom stereocenters. The van der Waals surface area contributed by atoms with Crippen LogP contribution in [0.5, 0.6) is 0 Å². The molecule has 1 aromatic carbocycles. The van der Waals surface area contributed by atoms with Gasteiger partial charge in [-0.2, -0.15) is 0 Å². The average Bonchev–Trinajstić information content (AvgIpc) is 2.90. The quantitative estimate of drug-likeness (QED) is 0.943. The van der Waals surface area contributed by atoms with Crippen molar-refractivity contribution in [2.24, 2.45) is 0 Å². The Hall–Kier alpha value is -2.14. The summed E-state index contributed by atoms with van der Waals surface area (Å²) in [6.45, 7) is 3.06. The Balaban J connectivity index is 1.70. The predicted molar refractivity (Wildman–Crippen MR) is 82.2 cm³/mol. The smallest absolute Gasteiger partial charge is 0.228 e. The summed E-state index contributed by atoms with van der Waals surface area (Å²) < 4.78 is 5.68. The van der Waals surface area contributed by atoms with Crippen molar-refractivity contribution in [1.29, 1.82) is 0 Å². The molecule has 1 aliphatic heterocycles. The van der Waals surface area contributed by atoms with Crippen LogP contribution in [-0.4, -0.2) is 40.1 Å². The normalized spacial score (nSPS) is 16.0. The van der Waals surface area contributed by atoms with Crippen molar-refractivity contribution in [2.45, 2.75) is 32.3 Å². The van der Waals surface area contributed by atoms with E-state index in [1.165, 1.54) is 0 Å². The lowest BCUT2D eigenvalue weighted by atomic mass is 10.1. The number of amides is 1. The van der Waals surface area contributed by atoms with Gasteiger partial charge in [0.2, 0.25) is 11.8 Å². The molecule has 0 aliphatic carbocycles. The number of carbonyl (C=O) groups is 1. The lowest BCUT2D eigenvalue weighted by Crippen LogP contribution is -2.40. The number of hydrogen-bond donors (Lipinski definition) is 1. The summed E-state index contributed by atoms with van der Waals surface area (Å²) in [5.74, 6) is 1.28. The lowest BCUT2D eigenvalue weighted by Gasteiger charge is -2.29. The highest BCUT2D eigenvalue weighted by Crippen LogP contribution is 2.22. The van der Waals surface area contributed by atoms with E-state index in [4.69, 9.17) is 4.42 Å². The molecule has 0 saturated carbocycles. The third-order valence-electron chi connectivity index (χ3n) is 4.05. The molecule has 1 fully saturated rings. The first-order valence-electron chi connectivity index (χ1n) is 7.61. The molecule has 0 bridgehead atoms. The summed E-state index contributed by atoms with van der Waals surface area (Å²) in [5, 5.41) is 9.51. The molecule has 1 aromatic heterocycles. The van der Waals surface area contributed by atoms with Crippen LogP contribution in [0.15, 0.2) is 34.7 Å².